The normalized spacial score (nSPS) is 11.5. The molecule has 3 aromatic carbocycles. The summed E-state index contributed by atoms with van der Waals surface area (Å²) in [5.41, 5.74) is 5.31. The number of rotatable bonds is 6. The molecular formula is C26H18N6O2. The smallest absolute Gasteiger partial charge is 0.269 e. The van der Waals surface area contributed by atoms with Crippen LogP contribution in [0.5, 0.6) is 5.75 Å². The number of tetrazole rings is 1. The Morgan fingerprint density at radius 3 is 2.65 bits per heavy atom. The number of H-pyrrole nitrogens is 1. The van der Waals surface area contributed by atoms with Crippen LogP contribution < -0.4 is 4.74 Å². The number of fused-ring (bicyclic) bond motifs is 2. The molecule has 0 radical (unpaired) electrons. The van der Waals surface area contributed by atoms with E-state index in [0.29, 0.717) is 23.9 Å². The van der Waals surface area contributed by atoms with E-state index in [1.807, 2.05) is 78.9 Å². The number of para-hydroxylation sites is 1. The van der Waals surface area contributed by atoms with Crippen LogP contribution in [-0.2, 0) is 6.61 Å². The Hall–Kier alpha value is -4.85. The van der Waals surface area contributed by atoms with Gasteiger partial charge in [0.05, 0.1) is 11.2 Å². The maximum Gasteiger partial charge on any atom is 0.269 e. The highest BCUT2D eigenvalue weighted by Crippen LogP contribution is 2.23. The van der Waals surface area contributed by atoms with Gasteiger partial charge in [-0.15, -0.1) is 10.2 Å². The molecular weight excluding hydrogens is 428 g/mol. The van der Waals surface area contributed by atoms with E-state index in [9.17, 15) is 0 Å². The maximum atomic E-state index is 5.95. The molecule has 8 heteroatoms. The fraction of sp³-hybridized carbons (Fsp3) is 0.0385. The first-order chi connectivity index (χ1) is 16.8. The fourth-order valence-electron chi connectivity index (χ4n) is 3.60. The van der Waals surface area contributed by atoms with E-state index in [-0.39, 0.29) is 0 Å². The van der Waals surface area contributed by atoms with Crippen LogP contribution in [0.15, 0.2) is 83.3 Å². The van der Waals surface area contributed by atoms with Gasteiger partial charge < -0.3 is 9.15 Å². The molecule has 0 aliphatic rings. The average Bonchev–Trinajstić information content (AvgIpc) is 3.56. The molecule has 3 aromatic heterocycles. The molecule has 3 heterocycles. The number of nitrogens with one attached hydrogen (secondary N) is 1. The van der Waals surface area contributed by atoms with Gasteiger partial charge in [-0.3, -0.25) is 0 Å². The lowest BCUT2D eigenvalue weighted by molar-refractivity contribution is 0.306. The standard InChI is InChI=1S/C26H18N6O2/c1-2-4-22-19(3-1)9-11-20(27-22)10-5-17-6-12-21(13-7-17)33-16-18-8-14-23-24(15-18)34-26(28-23)25-29-31-32-30-25/h1-15H,16H2,(H,29,30,31,32). The van der Waals surface area contributed by atoms with Crippen LogP contribution in [0, 0.1) is 0 Å². The summed E-state index contributed by atoms with van der Waals surface area (Å²) in [7, 11) is 0. The Kier molecular flexibility index (Phi) is 5.00. The van der Waals surface area contributed by atoms with Gasteiger partial charge in [0.25, 0.3) is 11.7 Å². The minimum atomic E-state index is 0.319. The largest absolute Gasteiger partial charge is 0.489 e. The molecule has 1 N–H and O–H groups in total. The van der Waals surface area contributed by atoms with Gasteiger partial charge in [-0.25, -0.2) is 9.97 Å². The van der Waals surface area contributed by atoms with Crippen LogP contribution >= 0.6 is 0 Å². The Bertz CT molecular complexity index is 1600. The van der Waals surface area contributed by atoms with Crippen molar-refractivity contribution < 1.29 is 9.15 Å². The second kappa shape index (κ2) is 8.59. The molecule has 0 aliphatic carbocycles. The summed E-state index contributed by atoms with van der Waals surface area (Å²) in [4.78, 5) is 9.05. The zero-order valence-corrected chi connectivity index (χ0v) is 17.9. The molecule has 8 nitrogen and oxygen atoms in total. The van der Waals surface area contributed by atoms with Crippen molar-refractivity contribution in [1.29, 1.82) is 0 Å². The van der Waals surface area contributed by atoms with Crippen LogP contribution in [0.2, 0.25) is 0 Å². The molecule has 6 rings (SSSR count). The lowest BCUT2D eigenvalue weighted by Gasteiger charge is -2.06. The van der Waals surface area contributed by atoms with Gasteiger partial charge in [0.1, 0.15) is 17.9 Å². The van der Waals surface area contributed by atoms with Crippen LogP contribution in [0.4, 0.5) is 0 Å². The minimum absolute atomic E-state index is 0.319. The Morgan fingerprint density at radius 2 is 1.76 bits per heavy atom. The van der Waals surface area contributed by atoms with Crippen molar-refractivity contribution in [1.82, 2.24) is 30.6 Å². The quantitative estimate of drug-likeness (QED) is 0.370. The Balaban J connectivity index is 1.11. The van der Waals surface area contributed by atoms with Gasteiger partial charge in [-0.05, 0) is 58.8 Å². The predicted octanol–water partition coefficient (Wildman–Crippen LogP) is 5.31. The van der Waals surface area contributed by atoms with Gasteiger partial charge in [-0.1, -0.05) is 48.5 Å². The molecule has 34 heavy (non-hydrogen) atoms. The third-order valence-corrected chi connectivity index (χ3v) is 5.34. The summed E-state index contributed by atoms with van der Waals surface area (Å²) < 4.78 is 11.7. The number of pyridine rings is 1. The Morgan fingerprint density at radius 1 is 0.853 bits per heavy atom. The lowest BCUT2D eigenvalue weighted by Crippen LogP contribution is -1.95. The molecule has 0 amide bonds. The molecule has 0 atom stereocenters. The monoisotopic (exact) mass is 446 g/mol. The summed E-state index contributed by atoms with van der Waals surface area (Å²) >= 11 is 0. The summed E-state index contributed by atoms with van der Waals surface area (Å²) in [6, 6.07) is 25.9. The van der Waals surface area contributed by atoms with Crippen LogP contribution in [0.25, 0.3) is 45.9 Å². The highest BCUT2D eigenvalue weighted by atomic mass is 16.5. The second-order valence-electron chi connectivity index (χ2n) is 7.68. The minimum Gasteiger partial charge on any atom is -0.489 e. The molecule has 0 fully saturated rings. The van der Waals surface area contributed by atoms with Gasteiger partial charge >= 0.3 is 0 Å². The summed E-state index contributed by atoms with van der Waals surface area (Å²) in [6.07, 6.45) is 4.05. The number of benzene rings is 3. The van der Waals surface area contributed by atoms with Crippen LogP contribution in [0.3, 0.4) is 0 Å². The first kappa shape index (κ1) is 19.8. The van der Waals surface area contributed by atoms with E-state index in [1.54, 1.807) is 0 Å². The first-order valence-corrected chi connectivity index (χ1v) is 10.7. The average molecular weight is 446 g/mol. The first-order valence-electron chi connectivity index (χ1n) is 10.7. The van der Waals surface area contributed by atoms with E-state index >= 15 is 0 Å². The van der Waals surface area contributed by atoms with Crippen molar-refractivity contribution in [2.45, 2.75) is 6.61 Å². The summed E-state index contributed by atoms with van der Waals surface area (Å²) in [6.45, 7) is 0.407. The van der Waals surface area contributed by atoms with Crippen LogP contribution in [-0.4, -0.2) is 30.6 Å². The van der Waals surface area contributed by atoms with E-state index < -0.39 is 0 Å². The number of aromatic amines is 1. The van der Waals surface area contributed by atoms with E-state index in [4.69, 9.17) is 9.15 Å². The molecule has 6 aromatic rings. The lowest BCUT2D eigenvalue weighted by atomic mass is 10.1. The number of oxazole rings is 1. The van der Waals surface area contributed by atoms with Crippen molar-refractivity contribution in [2.75, 3.05) is 0 Å². The predicted molar refractivity (Wildman–Crippen MR) is 129 cm³/mol. The number of nitrogens with zero attached hydrogens (tertiary/aromatic N) is 5. The zero-order valence-electron chi connectivity index (χ0n) is 17.9. The van der Waals surface area contributed by atoms with Gasteiger partial charge in [-0.2, -0.15) is 5.21 Å². The maximum absolute atomic E-state index is 5.95. The second-order valence-corrected chi connectivity index (χ2v) is 7.68. The van der Waals surface area contributed by atoms with Gasteiger partial charge in [0.15, 0.2) is 5.58 Å². The highest BCUT2D eigenvalue weighted by Gasteiger charge is 2.12. The number of aromatic nitrogens is 6. The van der Waals surface area contributed by atoms with Crippen molar-refractivity contribution in [2.24, 2.45) is 0 Å². The van der Waals surface area contributed by atoms with E-state index in [1.165, 1.54) is 0 Å². The van der Waals surface area contributed by atoms with Gasteiger partial charge in [0.2, 0.25) is 0 Å². The third kappa shape index (κ3) is 4.12. The van der Waals surface area contributed by atoms with Gasteiger partial charge in [0, 0.05) is 5.39 Å². The zero-order chi connectivity index (χ0) is 22.7. The summed E-state index contributed by atoms with van der Waals surface area (Å²) in [5.74, 6) is 1.43. The molecule has 0 unspecified atom stereocenters. The molecule has 0 spiro atoms. The van der Waals surface area contributed by atoms with E-state index in [2.05, 4.69) is 42.7 Å². The van der Waals surface area contributed by atoms with E-state index in [0.717, 1.165) is 39.0 Å². The molecule has 164 valence electrons. The summed E-state index contributed by atoms with van der Waals surface area (Å²) in [5, 5.41) is 14.8. The Labute approximate surface area is 193 Å². The van der Waals surface area contributed by atoms with Crippen molar-refractivity contribution in [3.63, 3.8) is 0 Å². The number of hydrogen-bond donors (Lipinski definition) is 1. The molecule has 0 bridgehead atoms. The topological polar surface area (TPSA) is 103 Å². The highest BCUT2D eigenvalue weighted by molar-refractivity contribution is 5.81. The molecule has 0 aliphatic heterocycles. The number of ether oxygens (including phenoxy) is 1. The molecule has 0 saturated heterocycles. The third-order valence-electron chi connectivity index (χ3n) is 5.34. The van der Waals surface area contributed by atoms with Crippen LogP contribution in [0.1, 0.15) is 16.8 Å². The number of hydrogen-bond acceptors (Lipinski definition) is 7. The van der Waals surface area contributed by atoms with Crippen molar-refractivity contribution >= 4 is 34.2 Å². The van der Waals surface area contributed by atoms with Crippen molar-refractivity contribution in [3.05, 3.63) is 95.7 Å². The SMILES string of the molecule is C(=Cc1ccc2ccccc2n1)c1ccc(OCc2ccc3nc(-c4nn[nH]n4)oc3c2)cc1. The fourth-order valence-corrected chi connectivity index (χ4v) is 3.60. The van der Waals surface area contributed by atoms with Crippen molar-refractivity contribution in [3.8, 4) is 17.5 Å². The molecule has 0 saturated carbocycles.